The number of allylic oxidation sites excluding steroid dienone is 2. The van der Waals surface area contributed by atoms with Gasteiger partial charge in [0.25, 0.3) is 0 Å². The van der Waals surface area contributed by atoms with E-state index in [0.29, 0.717) is 26.1 Å². The van der Waals surface area contributed by atoms with Crippen LogP contribution in [0, 0.1) is 5.41 Å². The maximum Gasteiger partial charge on any atom is 0.249 e. The fourth-order valence-corrected chi connectivity index (χ4v) is 5.90. The first-order valence-corrected chi connectivity index (χ1v) is 17.4. The average Bonchev–Trinajstić information content (AvgIpc) is 3.44. The Bertz CT molecular complexity index is 856. The Morgan fingerprint density at radius 3 is 2.14 bits per heavy atom. The minimum Gasteiger partial charge on any atom is -0.354 e. The summed E-state index contributed by atoms with van der Waals surface area (Å²) in [6, 6.07) is 0.0276. The number of nitrogens with one attached hydrogen (secondary N) is 2. The predicted octanol–water partition coefficient (Wildman–Crippen LogP) is 6.82. The standard InChI is InChI=1S/C35H63N3O5/c1-6-7-8-9-10-11-12-13-14-15-16-17-18-19-20-23-30(39)37-27-29-22-21-26-38(29)31(40)24-25-36-33(41)32-34(2,3)28-42-35(4,5)43-32/h13-14,29,32H,6-12,15-28H2,1-5H3,(H,36,41)(H,37,39). The molecule has 0 aromatic heterocycles. The van der Waals surface area contributed by atoms with Gasteiger partial charge in [-0.05, 0) is 58.8 Å². The Morgan fingerprint density at radius 1 is 0.837 bits per heavy atom. The predicted molar refractivity (Wildman–Crippen MR) is 174 cm³/mol. The first kappa shape index (κ1) is 37.3. The molecular weight excluding hydrogens is 542 g/mol. The van der Waals surface area contributed by atoms with Gasteiger partial charge in [0.15, 0.2) is 5.79 Å². The van der Waals surface area contributed by atoms with Crippen LogP contribution in [0.4, 0.5) is 0 Å². The van der Waals surface area contributed by atoms with Crippen LogP contribution in [0.3, 0.4) is 0 Å². The molecule has 2 aliphatic heterocycles. The van der Waals surface area contributed by atoms with Crippen molar-refractivity contribution in [1.82, 2.24) is 15.5 Å². The SMILES string of the molecule is CCCCCCCCC=CCCCCCCCC(=O)NCC1CCCN1C(=O)CCNC(=O)C1OC(C)(C)OCC1(C)C. The van der Waals surface area contributed by atoms with Crippen molar-refractivity contribution in [2.24, 2.45) is 5.41 Å². The van der Waals surface area contributed by atoms with Gasteiger partial charge in [-0.25, -0.2) is 0 Å². The van der Waals surface area contributed by atoms with Crippen molar-refractivity contribution >= 4 is 17.7 Å². The zero-order valence-corrected chi connectivity index (χ0v) is 28.1. The van der Waals surface area contributed by atoms with Crippen LogP contribution in [-0.4, -0.2) is 66.8 Å². The lowest BCUT2D eigenvalue weighted by Gasteiger charge is -2.44. The van der Waals surface area contributed by atoms with Crippen LogP contribution in [0.1, 0.15) is 144 Å². The lowest BCUT2D eigenvalue weighted by atomic mass is 9.85. The van der Waals surface area contributed by atoms with Crippen molar-refractivity contribution in [2.75, 3.05) is 26.2 Å². The maximum absolute atomic E-state index is 12.9. The number of carbonyl (C=O) groups excluding carboxylic acids is 3. The number of unbranched alkanes of at least 4 members (excludes halogenated alkanes) is 11. The van der Waals surface area contributed by atoms with Crippen LogP contribution < -0.4 is 10.6 Å². The lowest BCUT2D eigenvalue weighted by molar-refractivity contribution is -0.304. The van der Waals surface area contributed by atoms with Gasteiger partial charge >= 0.3 is 0 Å². The molecule has 0 saturated carbocycles. The van der Waals surface area contributed by atoms with E-state index in [2.05, 4.69) is 29.7 Å². The Kier molecular flexibility index (Phi) is 17.5. The number of hydrogen-bond acceptors (Lipinski definition) is 5. The van der Waals surface area contributed by atoms with E-state index in [1.54, 1.807) is 13.8 Å². The van der Waals surface area contributed by atoms with Crippen LogP contribution in [0.2, 0.25) is 0 Å². The Hall–Kier alpha value is -1.93. The highest BCUT2D eigenvalue weighted by molar-refractivity contribution is 5.83. The van der Waals surface area contributed by atoms with Crippen LogP contribution in [0.5, 0.6) is 0 Å². The van der Waals surface area contributed by atoms with Gasteiger partial charge in [0.05, 0.1) is 6.61 Å². The van der Waals surface area contributed by atoms with E-state index in [1.807, 2.05) is 18.7 Å². The largest absolute Gasteiger partial charge is 0.354 e. The molecule has 248 valence electrons. The summed E-state index contributed by atoms with van der Waals surface area (Å²) in [5.41, 5.74) is -0.452. The summed E-state index contributed by atoms with van der Waals surface area (Å²) < 4.78 is 11.6. The second-order valence-electron chi connectivity index (χ2n) is 13.7. The van der Waals surface area contributed by atoms with Crippen LogP contribution in [0.15, 0.2) is 12.2 Å². The molecule has 0 aromatic carbocycles. The van der Waals surface area contributed by atoms with Crippen molar-refractivity contribution in [1.29, 1.82) is 0 Å². The lowest BCUT2D eigenvalue weighted by Crippen LogP contribution is -2.56. The monoisotopic (exact) mass is 605 g/mol. The molecule has 0 spiro atoms. The van der Waals surface area contributed by atoms with E-state index < -0.39 is 17.3 Å². The summed E-state index contributed by atoms with van der Waals surface area (Å²) in [5, 5.41) is 5.94. The molecule has 2 heterocycles. The number of rotatable bonds is 21. The van der Waals surface area contributed by atoms with Crippen molar-refractivity contribution < 1.29 is 23.9 Å². The Labute approximate surface area is 262 Å². The fourth-order valence-electron chi connectivity index (χ4n) is 5.90. The molecule has 2 atom stereocenters. The summed E-state index contributed by atoms with van der Waals surface area (Å²) in [6.07, 6.45) is 22.8. The molecule has 2 rings (SSSR count). The van der Waals surface area contributed by atoms with E-state index in [4.69, 9.17) is 9.47 Å². The minimum atomic E-state index is -0.815. The number of ether oxygens (including phenoxy) is 2. The van der Waals surface area contributed by atoms with E-state index in [0.717, 1.165) is 25.7 Å². The molecule has 2 unspecified atom stereocenters. The smallest absolute Gasteiger partial charge is 0.249 e. The average molecular weight is 606 g/mol. The molecule has 8 nitrogen and oxygen atoms in total. The highest BCUT2D eigenvalue weighted by atomic mass is 16.7. The van der Waals surface area contributed by atoms with Gasteiger partial charge in [0, 0.05) is 43.9 Å². The van der Waals surface area contributed by atoms with Crippen molar-refractivity contribution in [3.05, 3.63) is 12.2 Å². The molecule has 0 aliphatic carbocycles. The van der Waals surface area contributed by atoms with Crippen LogP contribution in [-0.2, 0) is 23.9 Å². The third-order valence-corrected chi connectivity index (χ3v) is 8.68. The second-order valence-corrected chi connectivity index (χ2v) is 13.7. The van der Waals surface area contributed by atoms with Crippen LogP contribution in [0.25, 0.3) is 0 Å². The highest BCUT2D eigenvalue weighted by Gasteiger charge is 2.45. The van der Waals surface area contributed by atoms with Crippen molar-refractivity contribution in [2.45, 2.75) is 162 Å². The summed E-state index contributed by atoms with van der Waals surface area (Å²) in [5.74, 6) is -0.937. The van der Waals surface area contributed by atoms with Gasteiger partial charge in [0.2, 0.25) is 17.7 Å². The van der Waals surface area contributed by atoms with Crippen molar-refractivity contribution in [3.63, 3.8) is 0 Å². The number of carbonyl (C=O) groups is 3. The van der Waals surface area contributed by atoms with Gasteiger partial charge in [-0.2, -0.15) is 0 Å². The molecule has 2 aliphatic rings. The minimum absolute atomic E-state index is 0.0155. The zero-order valence-electron chi connectivity index (χ0n) is 28.1. The molecule has 2 saturated heterocycles. The summed E-state index contributed by atoms with van der Waals surface area (Å²) in [6.45, 7) is 11.6. The number of hydrogen-bond donors (Lipinski definition) is 2. The third kappa shape index (κ3) is 15.1. The summed E-state index contributed by atoms with van der Waals surface area (Å²) in [4.78, 5) is 40.0. The normalized spacial score (nSPS) is 21.3. The molecule has 43 heavy (non-hydrogen) atoms. The van der Waals surface area contributed by atoms with Crippen molar-refractivity contribution in [3.8, 4) is 0 Å². The number of likely N-dealkylation sites (tertiary alicyclic amines) is 1. The highest BCUT2D eigenvalue weighted by Crippen LogP contribution is 2.34. The van der Waals surface area contributed by atoms with Crippen LogP contribution >= 0.6 is 0 Å². The second kappa shape index (κ2) is 20.2. The van der Waals surface area contributed by atoms with E-state index in [-0.39, 0.29) is 36.7 Å². The topological polar surface area (TPSA) is 97.0 Å². The number of nitrogens with zero attached hydrogens (tertiary/aromatic N) is 1. The molecule has 0 aromatic rings. The number of amides is 3. The van der Waals surface area contributed by atoms with E-state index in [9.17, 15) is 14.4 Å². The first-order chi connectivity index (χ1) is 20.6. The van der Waals surface area contributed by atoms with Gasteiger partial charge in [-0.1, -0.05) is 84.3 Å². The summed E-state index contributed by atoms with van der Waals surface area (Å²) >= 11 is 0. The molecule has 0 radical (unpaired) electrons. The maximum atomic E-state index is 12.9. The molecule has 2 fully saturated rings. The van der Waals surface area contributed by atoms with E-state index >= 15 is 0 Å². The first-order valence-electron chi connectivity index (χ1n) is 17.4. The molecule has 0 bridgehead atoms. The van der Waals surface area contributed by atoms with E-state index in [1.165, 1.54) is 70.6 Å². The quantitative estimate of drug-likeness (QED) is 0.111. The van der Waals surface area contributed by atoms with Gasteiger partial charge in [0.1, 0.15) is 6.10 Å². The zero-order chi connectivity index (χ0) is 31.6. The molecule has 3 amide bonds. The van der Waals surface area contributed by atoms with Gasteiger partial charge in [-0.15, -0.1) is 0 Å². The molecule has 2 N–H and O–H groups in total. The molecule has 8 heteroatoms. The van der Waals surface area contributed by atoms with Gasteiger partial charge < -0.3 is 25.0 Å². The Morgan fingerprint density at radius 2 is 1.47 bits per heavy atom. The van der Waals surface area contributed by atoms with Gasteiger partial charge in [-0.3, -0.25) is 14.4 Å². The summed E-state index contributed by atoms with van der Waals surface area (Å²) in [7, 11) is 0. The Balaban J connectivity index is 1.51. The third-order valence-electron chi connectivity index (χ3n) is 8.68. The fraction of sp³-hybridized carbons (Fsp3) is 0.857. The molecular formula is C35H63N3O5.